The van der Waals surface area contributed by atoms with Crippen molar-refractivity contribution >= 4 is 47.2 Å². The third-order valence-corrected chi connectivity index (χ3v) is 3.43. The largest absolute Gasteiger partial charge is 0.380 e. The van der Waals surface area contributed by atoms with Gasteiger partial charge in [0.25, 0.3) is 0 Å². The van der Waals surface area contributed by atoms with Crippen LogP contribution in [0.3, 0.4) is 0 Å². The minimum atomic E-state index is -0.293. The van der Waals surface area contributed by atoms with E-state index in [1.54, 1.807) is 6.20 Å². The molecular weight excluding hydrogens is 349 g/mol. The third-order valence-electron chi connectivity index (χ3n) is 2.56. The molecule has 2 heterocycles. The van der Waals surface area contributed by atoms with Gasteiger partial charge in [0.1, 0.15) is 5.69 Å². The van der Waals surface area contributed by atoms with Crippen LogP contribution in [0.4, 0.5) is 5.13 Å². The molecule has 0 spiro atoms. The van der Waals surface area contributed by atoms with E-state index in [0.29, 0.717) is 16.7 Å². The van der Waals surface area contributed by atoms with Gasteiger partial charge in [-0.1, -0.05) is 17.4 Å². The molecule has 0 saturated carbocycles. The van der Waals surface area contributed by atoms with Crippen LogP contribution in [-0.2, 0) is 9.53 Å². The lowest BCUT2D eigenvalue weighted by Gasteiger charge is -2.11. The van der Waals surface area contributed by atoms with E-state index in [2.05, 4.69) is 20.5 Å². The Hall–Kier alpha value is -1.32. The number of aromatic nitrogens is 3. The Labute approximate surface area is 144 Å². The van der Waals surface area contributed by atoms with Crippen molar-refractivity contribution in [2.24, 2.45) is 5.73 Å². The summed E-state index contributed by atoms with van der Waals surface area (Å²) in [4.78, 5) is 15.9. The van der Waals surface area contributed by atoms with Gasteiger partial charge < -0.3 is 15.8 Å². The second-order valence-electron chi connectivity index (χ2n) is 3.97. The van der Waals surface area contributed by atoms with Gasteiger partial charge in [-0.15, -0.1) is 35.0 Å². The fourth-order valence-corrected chi connectivity index (χ4v) is 2.24. The van der Waals surface area contributed by atoms with Gasteiger partial charge in [0, 0.05) is 19.9 Å². The van der Waals surface area contributed by atoms with Crippen molar-refractivity contribution in [2.45, 2.75) is 12.5 Å². The number of carbonyl (C=O) groups is 1. The second kappa shape index (κ2) is 10.4. The van der Waals surface area contributed by atoms with Gasteiger partial charge in [0.2, 0.25) is 11.0 Å². The van der Waals surface area contributed by atoms with Crippen LogP contribution in [-0.4, -0.2) is 40.8 Å². The summed E-state index contributed by atoms with van der Waals surface area (Å²) in [6.45, 7) is 0.291. The van der Waals surface area contributed by atoms with Crippen molar-refractivity contribution in [3.05, 3.63) is 24.4 Å². The van der Waals surface area contributed by atoms with Gasteiger partial charge in [0.15, 0.2) is 5.01 Å². The quantitative estimate of drug-likeness (QED) is 0.807. The Kier molecular flexibility index (Phi) is 9.79. The molecule has 1 unspecified atom stereocenters. The number of halogens is 2. The Morgan fingerprint density at radius 1 is 1.41 bits per heavy atom. The monoisotopic (exact) mass is 365 g/mol. The van der Waals surface area contributed by atoms with E-state index in [1.807, 2.05) is 18.2 Å². The molecule has 1 atom stereocenters. The summed E-state index contributed by atoms with van der Waals surface area (Å²) in [6, 6.07) is 5.53. The van der Waals surface area contributed by atoms with Gasteiger partial charge in [0.05, 0.1) is 12.5 Å². The van der Waals surface area contributed by atoms with E-state index in [9.17, 15) is 4.79 Å². The van der Waals surface area contributed by atoms with Crippen molar-refractivity contribution in [1.82, 2.24) is 15.2 Å². The fourth-order valence-electron chi connectivity index (χ4n) is 1.51. The number of nitrogens with zero attached hydrogens (tertiary/aromatic N) is 3. The highest BCUT2D eigenvalue weighted by molar-refractivity contribution is 7.18. The zero-order chi connectivity index (χ0) is 14.4. The highest BCUT2D eigenvalue weighted by Crippen LogP contribution is 2.24. The van der Waals surface area contributed by atoms with Crippen LogP contribution in [0.5, 0.6) is 0 Å². The number of carbonyl (C=O) groups excluding carboxylic acids is 1. The van der Waals surface area contributed by atoms with Gasteiger partial charge in [-0.05, 0) is 12.1 Å². The Morgan fingerprint density at radius 3 is 2.77 bits per heavy atom. The lowest BCUT2D eigenvalue weighted by molar-refractivity contribution is -0.118. The number of nitrogens with two attached hydrogens (primary N) is 1. The van der Waals surface area contributed by atoms with Crippen molar-refractivity contribution in [3.63, 3.8) is 0 Å². The van der Waals surface area contributed by atoms with Gasteiger partial charge in [-0.2, -0.15) is 0 Å². The van der Waals surface area contributed by atoms with E-state index >= 15 is 0 Å². The molecule has 1 amide bonds. The second-order valence-corrected chi connectivity index (χ2v) is 4.95. The van der Waals surface area contributed by atoms with E-state index in [4.69, 9.17) is 10.5 Å². The summed E-state index contributed by atoms with van der Waals surface area (Å²) < 4.78 is 5.05. The molecule has 3 N–H and O–H groups in total. The molecule has 122 valence electrons. The SMILES string of the molecule is COC(CN)CC(=O)Nc1nnc(-c2ccccn2)s1.Cl.Cl. The standard InChI is InChI=1S/C12H15N5O2S.2ClH/c1-19-8(7-13)6-10(18)15-12-17-16-11(20-12)9-4-2-3-5-14-9;;/h2-5,8H,6-7,13H2,1H3,(H,15,17,18);2*1H. The zero-order valence-electron chi connectivity index (χ0n) is 11.8. The number of pyridine rings is 1. The summed E-state index contributed by atoms with van der Waals surface area (Å²) >= 11 is 1.27. The lowest BCUT2D eigenvalue weighted by Crippen LogP contribution is -2.28. The average molecular weight is 366 g/mol. The first-order valence-corrected chi connectivity index (χ1v) is 6.82. The molecule has 0 aromatic carbocycles. The van der Waals surface area contributed by atoms with Gasteiger partial charge in [-0.3, -0.25) is 9.78 Å². The van der Waals surface area contributed by atoms with Crippen LogP contribution in [0.2, 0.25) is 0 Å². The number of anilines is 1. The number of methoxy groups -OCH3 is 1. The molecule has 0 aliphatic heterocycles. The highest BCUT2D eigenvalue weighted by Gasteiger charge is 2.14. The number of ether oxygens (including phenoxy) is 1. The summed E-state index contributed by atoms with van der Waals surface area (Å²) in [5, 5.41) is 11.7. The van der Waals surface area contributed by atoms with Crippen molar-refractivity contribution in [2.75, 3.05) is 19.0 Å². The van der Waals surface area contributed by atoms with E-state index < -0.39 is 0 Å². The van der Waals surface area contributed by atoms with Crippen LogP contribution in [0.15, 0.2) is 24.4 Å². The van der Waals surface area contributed by atoms with Crippen LogP contribution in [0.25, 0.3) is 10.7 Å². The minimum absolute atomic E-state index is 0. The Morgan fingerprint density at radius 2 is 2.18 bits per heavy atom. The topological polar surface area (TPSA) is 103 Å². The van der Waals surface area contributed by atoms with Crippen LogP contribution >= 0.6 is 36.2 Å². The molecule has 10 heteroatoms. The summed E-state index contributed by atoms with van der Waals surface area (Å²) in [7, 11) is 1.52. The normalized spacial score (nSPS) is 11.0. The van der Waals surface area contributed by atoms with E-state index in [0.717, 1.165) is 5.69 Å². The molecule has 2 aromatic heterocycles. The molecule has 0 radical (unpaired) electrons. The maximum Gasteiger partial charge on any atom is 0.228 e. The summed E-state index contributed by atoms with van der Waals surface area (Å²) in [6.07, 6.45) is 1.57. The van der Waals surface area contributed by atoms with Crippen LogP contribution < -0.4 is 11.1 Å². The predicted octanol–water partition coefficient (Wildman–Crippen LogP) is 1.75. The third kappa shape index (κ3) is 5.82. The van der Waals surface area contributed by atoms with Gasteiger partial charge >= 0.3 is 0 Å². The maximum atomic E-state index is 11.8. The zero-order valence-corrected chi connectivity index (χ0v) is 14.2. The smallest absolute Gasteiger partial charge is 0.228 e. The number of nitrogens with one attached hydrogen (secondary N) is 1. The molecule has 0 bridgehead atoms. The summed E-state index contributed by atoms with van der Waals surface area (Å²) in [5.74, 6) is -0.203. The highest BCUT2D eigenvalue weighted by atomic mass is 35.5. The first-order chi connectivity index (χ1) is 9.72. The Balaban J connectivity index is 0.00000220. The molecular formula is C12H17Cl2N5O2S. The van der Waals surface area contributed by atoms with Crippen LogP contribution in [0.1, 0.15) is 6.42 Å². The van der Waals surface area contributed by atoms with Crippen molar-refractivity contribution < 1.29 is 9.53 Å². The molecule has 0 saturated heterocycles. The fraction of sp³-hybridized carbons (Fsp3) is 0.333. The van der Waals surface area contributed by atoms with E-state index in [1.165, 1.54) is 18.4 Å². The molecule has 0 aliphatic rings. The molecule has 7 nitrogen and oxygen atoms in total. The molecule has 0 fully saturated rings. The molecule has 0 aliphatic carbocycles. The predicted molar refractivity (Wildman–Crippen MR) is 90.7 cm³/mol. The van der Waals surface area contributed by atoms with Gasteiger partial charge in [-0.25, -0.2) is 0 Å². The first kappa shape index (κ1) is 20.7. The molecule has 2 aromatic rings. The molecule has 2 rings (SSSR count). The molecule has 22 heavy (non-hydrogen) atoms. The lowest BCUT2D eigenvalue weighted by atomic mass is 10.2. The summed E-state index contributed by atoms with van der Waals surface area (Å²) in [5.41, 5.74) is 6.19. The number of hydrogen-bond donors (Lipinski definition) is 2. The minimum Gasteiger partial charge on any atom is -0.380 e. The van der Waals surface area contributed by atoms with Crippen LogP contribution in [0, 0.1) is 0 Å². The van der Waals surface area contributed by atoms with Crippen molar-refractivity contribution in [1.29, 1.82) is 0 Å². The van der Waals surface area contributed by atoms with Crippen molar-refractivity contribution in [3.8, 4) is 10.7 Å². The first-order valence-electron chi connectivity index (χ1n) is 6.00. The van der Waals surface area contributed by atoms with E-state index in [-0.39, 0.29) is 43.2 Å². The average Bonchev–Trinajstić information content (AvgIpc) is 2.94. The Bertz CT molecular complexity index is 566. The number of rotatable bonds is 6. The number of amides is 1. The maximum absolute atomic E-state index is 11.8. The number of hydrogen-bond acceptors (Lipinski definition) is 7.